The van der Waals surface area contributed by atoms with Crippen LogP contribution in [0.2, 0.25) is 0 Å². The van der Waals surface area contributed by atoms with Crippen LogP contribution >= 0.6 is 0 Å². The molecule has 0 aromatic carbocycles. The molecule has 0 aliphatic carbocycles. The molecule has 2 rings (SSSR count). The predicted molar refractivity (Wildman–Crippen MR) is 72.8 cm³/mol. The molecule has 0 saturated carbocycles. The number of nitrogens with zero attached hydrogens (tertiary/aromatic N) is 2. The molecule has 0 bridgehead atoms. The Hall–Kier alpha value is -1.36. The Morgan fingerprint density at radius 1 is 1.61 bits per heavy atom. The fraction of sp³-hybridized carbons (Fsp3) is 0.692. The minimum atomic E-state index is -0.0918. The second kappa shape index (κ2) is 5.52. The molecule has 18 heavy (non-hydrogen) atoms. The molecule has 0 radical (unpaired) electrons. The third kappa shape index (κ3) is 2.72. The van der Waals surface area contributed by atoms with Crippen molar-refractivity contribution in [1.29, 1.82) is 0 Å². The van der Waals surface area contributed by atoms with Crippen molar-refractivity contribution in [2.45, 2.75) is 39.2 Å². The lowest BCUT2D eigenvalue weighted by molar-refractivity contribution is 0.334. The summed E-state index contributed by atoms with van der Waals surface area (Å²) in [5.41, 5.74) is 5.78. The molecule has 1 saturated heterocycles. The monoisotopic (exact) mass is 250 g/mol. The van der Waals surface area contributed by atoms with E-state index in [0.29, 0.717) is 18.4 Å². The van der Waals surface area contributed by atoms with Gasteiger partial charge in [0.25, 0.3) is 5.56 Å². The Bertz CT molecular complexity index is 457. The highest BCUT2D eigenvalue weighted by atomic mass is 16.1. The van der Waals surface area contributed by atoms with Gasteiger partial charge < -0.3 is 15.6 Å². The molecule has 0 spiro atoms. The molecule has 0 amide bonds. The van der Waals surface area contributed by atoms with Crippen LogP contribution in [0.5, 0.6) is 0 Å². The summed E-state index contributed by atoms with van der Waals surface area (Å²) in [4.78, 5) is 20.8. The summed E-state index contributed by atoms with van der Waals surface area (Å²) in [5, 5.41) is 0. The fourth-order valence-electron chi connectivity index (χ4n) is 2.74. The third-order valence-corrected chi connectivity index (χ3v) is 3.81. The Morgan fingerprint density at radius 3 is 3.00 bits per heavy atom. The second-order valence-corrected chi connectivity index (χ2v) is 5.07. The Labute approximate surface area is 107 Å². The van der Waals surface area contributed by atoms with E-state index in [2.05, 4.69) is 21.8 Å². The maximum Gasteiger partial charge on any atom is 0.252 e. The van der Waals surface area contributed by atoms with E-state index < -0.39 is 0 Å². The second-order valence-electron chi connectivity index (χ2n) is 5.07. The number of aromatic amines is 1. The topological polar surface area (TPSA) is 75.0 Å². The highest BCUT2D eigenvalue weighted by Gasteiger charge is 2.27. The van der Waals surface area contributed by atoms with Gasteiger partial charge in [0.05, 0.1) is 0 Å². The van der Waals surface area contributed by atoms with Crippen LogP contribution in [-0.2, 0) is 0 Å². The summed E-state index contributed by atoms with van der Waals surface area (Å²) in [7, 11) is 0. The normalized spacial score (nSPS) is 24.3. The zero-order valence-corrected chi connectivity index (χ0v) is 11.1. The van der Waals surface area contributed by atoms with Gasteiger partial charge in [0.15, 0.2) is 0 Å². The molecule has 1 aromatic heterocycles. The Morgan fingerprint density at radius 2 is 2.39 bits per heavy atom. The summed E-state index contributed by atoms with van der Waals surface area (Å²) in [6.45, 7) is 5.59. The lowest BCUT2D eigenvalue weighted by atomic mass is 9.89. The quantitative estimate of drug-likeness (QED) is 0.840. The number of anilines is 1. The Balaban J connectivity index is 2.23. The van der Waals surface area contributed by atoms with Gasteiger partial charge in [0.1, 0.15) is 11.6 Å². The molecule has 1 aliphatic heterocycles. The number of hydrogen-bond acceptors (Lipinski definition) is 4. The molecule has 1 aromatic rings. The number of hydrogen-bond donors (Lipinski definition) is 2. The standard InChI is InChI=1S/C13H22N4O/c1-3-10-4-5-17(11(6-10)8-14)12-7-13(18)16-9(2)15-12/h7,10-11H,3-6,8,14H2,1-2H3,(H,15,16,18). The number of H-pyrrole nitrogens is 1. The highest BCUT2D eigenvalue weighted by molar-refractivity contribution is 5.39. The average molecular weight is 250 g/mol. The first kappa shape index (κ1) is 13.1. The first-order valence-electron chi connectivity index (χ1n) is 6.68. The van der Waals surface area contributed by atoms with Crippen molar-refractivity contribution in [1.82, 2.24) is 9.97 Å². The van der Waals surface area contributed by atoms with Gasteiger partial charge >= 0.3 is 0 Å². The number of aromatic nitrogens is 2. The SMILES string of the molecule is CCC1CCN(c2cc(=O)[nH]c(C)n2)C(CN)C1. The third-order valence-electron chi connectivity index (χ3n) is 3.81. The summed E-state index contributed by atoms with van der Waals surface area (Å²) in [6.07, 6.45) is 3.45. The summed E-state index contributed by atoms with van der Waals surface area (Å²) in [6, 6.07) is 1.87. The van der Waals surface area contributed by atoms with E-state index in [1.54, 1.807) is 13.0 Å². The van der Waals surface area contributed by atoms with Crippen molar-refractivity contribution in [3.05, 3.63) is 22.2 Å². The van der Waals surface area contributed by atoms with Crippen LogP contribution in [0.3, 0.4) is 0 Å². The number of rotatable bonds is 3. The first-order chi connectivity index (χ1) is 8.63. The molecule has 1 fully saturated rings. The van der Waals surface area contributed by atoms with E-state index >= 15 is 0 Å². The molecule has 100 valence electrons. The van der Waals surface area contributed by atoms with Crippen LogP contribution in [0.1, 0.15) is 32.0 Å². The van der Waals surface area contributed by atoms with Crippen molar-refractivity contribution in [3.8, 4) is 0 Å². The fourth-order valence-corrected chi connectivity index (χ4v) is 2.74. The van der Waals surface area contributed by atoms with E-state index in [4.69, 9.17) is 5.73 Å². The van der Waals surface area contributed by atoms with Gasteiger partial charge in [0, 0.05) is 25.2 Å². The molecule has 2 heterocycles. The van der Waals surface area contributed by atoms with Gasteiger partial charge in [-0.25, -0.2) is 4.98 Å². The van der Waals surface area contributed by atoms with E-state index in [9.17, 15) is 4.79 Å². The number of nitrogens with two attached hydrogens (primary N) is 1. The number of piperidine rings is 1. The first-order valence-corrected chi connectivity index (χ1v) is 6.68. The predicted octanol–water partition coefficient (Wildman–Crippen LogP) is 1.03. The zero-order chi connectivity index (χ0) is 13.1. The van der Waals surface area contributed by atoms with Crippen LogP contribution in [0, 0.1) is 12.8 Å². The largest absolute Gasteiger partial charge is 0.352 e. The van der Waals surface area contributed by atoms with Gasteiger partial charge in [-0.2, -0.15) is 0 Å². The maximum absolute atomic E-state index is 11.5. The minimum Gasteiger partial charge on any atom is -0.352 e. The molecule has 1 aliphatic rings. The average Bonchev–Trinajstić information content (AvgIpc) is 2.36. The Kier molecular flexibility index (Phi) is 4.01. The summed E-state index contributed by atoms with van der Waals surface area (Å²) in [5.74, 6) is 2.17. The van der Waals surface area contributed by atoms with E-state index in [-0.39, 0.29) is 5.56 Å². The smallest absolute Gasteiger partial charge is 0.252 e. The minimum absolute atomic E-state index is 0.0918. The molecule has 5 heteroatoms. The van der Waals surface area contributed by atoms with Crippen LogP contribution in [0.15, 0.2) is 10.9 Å². The zero-order valence-electron chi connectivity index (χ0n) is 11.1. The van der Waals surface area contributed by atoms with Crippen LogP contribution in [-0.4, -0.2) is 29.1 Å². The molecule has 2 unspecified atom stereocenters. The maximum atomic E-state index is 11.5. The number of nitrogens with one attached hydrogen (secondary N) is 1. The summed E-state index contributed by atoms with van der Waals surface area (Å²) < 4.78 is 0. The molecule has 3 N–H and O–H groups in total. The van der Waals surface area contributed by atoms with Gasteiger partial charge in [0.2, 0.25) is 0 Å². The van der Waals surface area contributed by atoms with E-state index in [1.165, 1.54) is 6.42 Å². The van der Waals surface area contributed by atoms with Crippen LogP contribution in [0.4, 0.5) is 5.82 Å². The van der Waals surface area contributed by atoms with Gasteiger partial charge in [-0.3, -0.25) is 4.79 Å². The lowest BCUT2D eigenvalue weighted by Gasteiger charge is -2.39. The van der Waals surface area contributed by atoms with Crippen molar-refractivity contribution in [3.63, 3.8) is 0 Å². The van der Waals surface area contributed by atoms with Gasteiger partial charge in [-0.1, -0.05) is 13.3 Å². The van der Waals surface area contributed by atoms with Crippen LogP contribution < -0.4 is 16.2 Å². The molecule has 2 atom stereocenters. The van der Waals surface area contributed by atoms with Crippen molar-refractivity contribution in [2.75, 3.05) is 18.0 Å². The van der Waals surface area contributed by atoms with Gasteiger partial charge in [-0.15, -0.1) is 0 Å². The van der Waals surface area contributed by atoms with Crippen molar-refractivity contribution in [2.24, 2.45) is 11.7 Å². The molecular weight excluding hydrogens is 228 g/mol. The van der Waals surface area contributed by atoms with Gasteiger partial charge in [-0.05, 0) is 25.7 Å². The summed E-state index contributed by atoms with van der Waals surface area (Å²) >= 11 is 0. The van der Waals surface area contributed by atoms with Crippen molar-refractivity contribution < 1.29 is 0 Å². The number of aryl methyl sites for hydroxylation is 1. The molecular formula is C13H22N4O. The highest BCUT2D eigenvalue weighted by Crippen LogP contribution is 2.27. The molecule has 5 nitrogen and oxygen atoms in total. The van der Waals surface area contributed by atoms with Crippen LogP contribution in [0.25, 0.3) is 0 Å². The van der Waals surface area contributed by atoms with E-state index in [1.807, 2.05) is 0 Å². The van der Waals surface area contributed by atoms with E-state index in [0.717, 1.165) is 31.1 Å². The lowest BCUT2D eigenvalue weighted by Crippen LogP contribution is -2.47. The van der Waals surface area contributed by atoms with Crippen molar-refractivity contribution >= 4 is 5.82 Å².